The lowest BCUT2D eigenvalue weighted by atomic mass is 9.89. The van der Waals surface area contributed by atoms with Crippen LogP contribution in [0.2, 0.25) is 0 Å². The third-order valence-electron chi connectivity index (χ3n) is 8.64. The highest BCUT2D eigenvalue weighted by molar-refractivity contribution is 5.82. The van der Waals surface area contributed by atoms with Gasteiger partial charge in [0.25, 0.3) is 5.56 Å². The van der Waals surface area contributed by atoms with Crippen molar-refractivity contribution in [1.82, 2.24) is 14.8 Å². The molecule has 3 atom stereocenters. The first-order chi connectivity index (χ1) is 21.6. The number of benzene rings is 2. The van der Waals surface area contributed by atoms with E-state index in [1.54, 1.807) is 19.1 Å². The molecule has 7 nitrogen and oxygen atoms in total. The van der Waals surface area contributed by atoms with Gasteiger partial charge in [-0.2, -0.15) is 0 Å². The number of carboxylic acids is 1. The summed E-state index contributed by atoms with van der Waals surface area (Å²) in [7, 11) is 0. The van der Waals surface area contributed by atoms with E-state index in [4.69, 9.17) is 0 Å². The van der Waals surface area contributed by atoms with Gasteiger partial charge in [0.2, 0.25) is 5.91 Å². The van der Waals surface area contributed by atoms with Gasteiger partial charge in [0, 0.05) is 31.4 Å². The number of likely N-dealkylation sites (tertiary alicyclic amines) is 1. The van der Waals surface area contributed by atoms with Gasteiger partial charge < -0.3 is 19.9 Å². The SMILES string of the molecule is Cc1cc(C)c(-c2cc(C)c(F)c(C(CC(=O)O)NC(=O)C(CC(C)C)n3cc(CCN4CC[C@@H](F)C4)cc(F)c3=O)c2)c(C)c1. The first-order valence-corrected chi connectivity index (χ1v) is 15.8. The van der Waals surface area contributed by atoms with Crippen molar-refractivity contribution >= 4 is 11.9 Å². The number of rotatable bonds is 12. The number of hydrogen-bond donors (Lipinski definition) is 2. The van der Waals surface area contributed by atoms with Crippen LogP contribution >= 0.6 is 0 Å². The Labute approximate surface area is 268 Å². The fourth-order valence-electron chi connectivity index (χ4n) is 6.57. The number of aryl methyl sites for hydroxylation is 4. The van der Waals surface area contributed by atoms with Crippen molar-refractivity contribution in [1.29, 1.82) is 0 Å². The molecule has 0 aliphatic carbocycles. The Morgan fingerprint density at radius 2 is 1.70 bits per heavy atom. The minimum atomic E-state index is -1.27. The van der Waals surface area contributed by atoms with E-state index >= 15 is 4.39 Å². The summed E-state index contributed by atoms with van der Waals surface area (Å²) < 4.78 is 45.5. The zero-order valence-electron chi connectivity index (χ0n) is 27.4. The molecule has 4 rings (SSSR count). The predicted octanol–water partition coefficient (Wildman–Crippen LogP) is 6.53. The Morgan fingerprint density at radius 1 is 1.02 bits per heavy atom. The fraction of sp³-hybridized carbons (Fsp3) is 0.472. The molecular weight excluding hydrogens is 595 g/mol. The minimum absolute atomic E-state index is 0.0116. The predicted molar refractivity (Wildman–Crippen MR) is 173 cm³/mol. The normalized spacial score (nSPS) is 16.5. The van der Waals surface area contributed by atoms with Crippen LogP contribution in [0, 0.1) is 45.2 Å². The standard InChI is InChI=1S/C36H44F3N3O4/c1-20(2)11-31(42-18-25(15-29(38)36(42)46)7-9-41-10-8-27(37)19-41)35(45)40-30(17-32(43)44)28-16-26(14-24(6)34(28)39)33-22(4)12-21(3)13-23(33)5/h12-16,18,20,27,30-31H,7-11,17,19H2,1-6H3,(H,40,45)(H,43,44)/t27-,30?,31?/m1/s1. The number of amides is 1. The number of hydrogen-bond acceptors (Lipinski definition) is 4. The molecule has 1 aromatic heterocycles. The number of aliphatic carboxylic acids is 1. The fourth-order valence-corrected chi connectivity index (χ4v) is 6.57. The van der Waals surface area contributed by atoms with Crippen molar-refractivity contribution in [3.8, 4) is 11.1 Å². The van der Waals surface area contributed by atoms with Gasteiger partial charge in [-0.05, 0) is 104 Å². The van der Waals surface area contributed by atoms with E-state index in [1.165, 1.54) is 6.20 Å². The summed E-state index contributed by atoms with van der Waals surface area (Å²) in [6, 6.07) is 5.99. The van der Waals surface area contributed by atoms with Crippen molar-refractivity contribution in [3.05, 3.63) is 91.9 Å². The van der Waals surface area contributed by atoms with E-state index < -0.39 is 53.7 Å². The number of carbonyl (C=O) groups excluding carboxylic acids is 1. The maximum atomic E-state index is 15.8. The number of carbonyl (C=O) groups is 2. The molecule has 1 fully saturated rings. The largest absolute Gasteiger partial charge is 0.481 e. The van der Waals surface area contributed by atoms with Crippen molar-refractivity contribution in [2.75, 3.05) is 19.6 Å². The van der Waals surface area contributed by atoms with Gasteiger partial charge in [-0.25, -0.2) is 13.2 Å². The molecular formula is C36H44F3N3O4. The molecule has 0 spiro atoms. The Kier molecular flexibility index (Phi) is 11.1. The molecule has 1 aliphatic heterocycles. The molecule has 0 bridgehead atoms. The van der Waals surface area contributed by atoms with Crippen LogP contribution in [0.4, 0.5) is 13.2 Å². The Bertz CT molecular complexity index is 1650. The molecule has 3 aromatic rings. The summed E-state index contributed by atoms with van der Waals surface area (Å²) in [5.41, 5.74) is 4.39. The highest BCUT2D eigenvalue weighted by Gasteiger charge is 2.30. The van der Waals surface area contributed by atoms with E-state index in [-0.39, 0.29) is 17.9 Å². The monoisotopic (exact) mass is 639 g/mol. The van der Waals surface area contributed by atoms with Gasteiger partial charge in [0.05, 0.1) is 12.5 Å². The smallest absolute Gasteiger partial charge is 0.305 e. The number of aromatic nitrogens is 1. The van der Waals surface area contributed by atoms with Crippen LogP contribution in [0.1, 0.15) is 78.6 Å². The van der Waals surface area contributed by atoms with Crippen LogP contribution in [-0.2, 0) is 16.0 Å². The molecule has 46 heavy (non-hydrogen) atoms. The zero-order chi connectivity index (χ0) is 33.9. The Hall–Kier alpha value is -3.92. The number of carboxylic acid groups (broad SMARTS) is 1. The average Bonchev–Trinajstić information content (AvgIpc) is 3.37. The van der Waals surface area contributed by atoms with E-state index in [2.05, 4.69) is 5.32 Å². The molecule has 1 aliphatic rings. The molecule has 1 saturated heterocycles. The van der Waals surface area contributed by atoms with Crippen molar-refractivity contribution in [3.63, 3.8) is 0 Å². The first-order valence-electron chi connectivity index (χ1n) is 15.8. The lowest BCUT2D eigenvalue weighted by molar-refractivity contribution is -0.138. The average molecular weight is 640 g/mol. The second kappa shape index (κ2) is 14.7. The summed E-state index contributed by atoms with van der Waals surface area (Å²) in [6.45, 7) is 12.5. The van der Waals surface area contributed by atoms with Crippen LogP contribution in [0.15, 0.2) is 41.3 Å². The summed E-state index contributed by atoms with van der Waals surface area (Å²) >= 11 is 0. The van der Waals surface area contributed by atoms with Crippen molar-refractivity contribution in [2.45, 2.75) is 85.5 Å². The number of pyridine rings is 1. The maximum Gasteiger partial charge on any atom is 0.305 e. The van der Waals surface area contributed by atoms with Crippen molar-refractivity contribution < 1.29 is 27.9 Å². The van der Waals surface area contributed by atoms with Crippen LogP contribution < -0.4 is 10.9 Å². The number of nitrogens with one attached hydrogen (secondary N) is 1. The zero-order valence-corrected chi connectivity index (χ0v) is 27.4. The maximum absolute atomic E-state index is 15.8. The minimum Gasteiger partial charge on any atom is -0.481 e. The molecule has 2 N–H and O–H groups in total. The second-order valence-electron chi connectivity index (χ2n) is 13.1. The van der Waals surface area contributed by atoms with Gasteiger partial charge >= 0.3 is 5.97 Å². The lowest BCUT2D eigenvalue weighted by Gasteiger charge is -2.26. The molecule has 10 heteroatoms. The summed E-state index contributed by atoms with van der Waals surface area (Å²) in [6.07, 6.45) is 0.865. The molecule has 2 unspecified atom stereocenters. The van der Waals surface area contributed by atoms with Gasteiger partial charge in [0.1, 0.15) is 18.0 Å². The van der Waals surface area contributed by atoms with Crippen LogP contribution in [0.5, 0.6) is 0 Å². The molecule has 0 radical (unpaired) electrons. The Morgan fingerprint density at radius 3 is 2.28 bits per heavy atom. The summed E-state index contributed by atoms with van der Waals surface area (Å²) in [4.78, 5) is 41.0. The first kappa shape index (κ1) is 34.9. The summed E-state index contributed by atoms with van der Waals surface area (Å²) in [5.74, 6) is -3.74. The molecule has 1 amide bonds. The Balaban J connectivity index is 1.71. The van der Waals surface area contributed by atoms with Crippen molar-refractivity contribution in [2.24, 2.45) is 5.92 Å². The van der Waals surface area contributed by atoms with Gasteiger partial charge in [-0.1, -0.05) is 31.5 Å². The second-order valence-corrected chi connectivity index (χ2v) is 13.1. The third-order valence-corrected chi connectivity index (χ3v) is 8.64. The number of nitrogens with zero attached hydrogens (tertiary/aromatic N) is 2. The third kappa shape index (κ3) is 8.26. The quantitative estimate of drug-likeness (QED) is 0.235. The number of alkyl halides is 1. The topological polar surface area (TPSA) is 91.6 Å². The van der Waals surface area contributed by atoms with E-state index in [0.29, 0.717) is 49.2 Å². The molecule has 2 heterocycles. The van der Waals surface area contributed by atoms with E-state index in [0.717, 1.165) is 32.9 Å². The van der Waals surface area contributed by atoms with Gasteiger partial charge in [-0.15, -0.1) is 0 Å². The van der Waals surface area contributed by atoms with E-state index in [9.17, 15) is 28.3 Å². The van der Waals surface area contributed by atoms with Crippen LogP contribution in [0.25, 0.3) is 11.1 Å². The van der Waals surface area contributed by atoms with Crippen LogP contribution in [0.3, 0.4) is 0 Å². The van der Waals surface area contributed by atoms with Gasteiger partial charge in [0.15, 0.2) is 5.82 Å². The lowest BCUT2D eigenvalue weighted by Crippen LogP contribution is -2.41. The highest BCUT2D eigenvalue weighted by atomic mass is 19.1. The summed E-state index contributed by atoms with van der Waals surface area (Å²) in [5, 5.41) is 12.5. The number of halogens is 3. The highest BCUT2D eigenvalue weighted by Crippen LogP contribution is 2.34. The molecule has 2 aromatic carbocycles. The van der Waals surface area contributed by atoms with Crippen LogP contribution in [-0.4, -0.2) is 52.3 Å². The molecule has 0 saturated carbocycles. The molecule has 248 valence electrons. The van der Waals surface area contributed by atoms with E-state index in [1.807, 2.05) is 51.7 Å². The van der Waals surface area contributed by atoms with Gasteiger partial charge in [-0.3, -0.25) is 14.4 Å².